The van der Waals surface area contributed by atoms with Crippen LogP contribution < -0.4 is 5.56 Å². The van der Waals surface area contributed by atoms with Crippen LogP contribution in [0.25, 0.3) is 10.9 Å². The van der Waals surface area contributed by atoms with E-state index in [-0.39, 0.29) is 5.56 Å². The van der Waals surface area contributed by atoms with Crippen molar-refractivity contribution in [3.05, 3.63) is 69.8 Å². The van der Waals surface area contributed by atoms with Crippen LogP contribution in [0.2, 0.25) is 0 Å². The molecule has 29 heavy (non-hydrogen) atoms. The van der Waals surface area contributed by atoms with E-state index >= 15 is 0 Å². The van der Waals surface area contributed by atoms with Crippen LogP contribution in [-0.4, -0.2) is 33.5 Å². The Balaban J connectivity index is 1.51. The van der Waals surface area contributed by atoms with Gasteiger partial charge in [-0.1, -0.05) is 11.8 Å². The number of benzene rings is 1. The fourth-order valence-corrected chi connectivity index (χ4v) is 3.89. The lowest BCUT2D eigenvalue weighted by Gasteiger charge is -2.24. The van der Waals surface area contributed by atoms with Gasteiger partial charge in [-0.15, -0.1) is 0 Å². The van der Waals surface area contributed by atoms with Crippen LogP contribution in [0.5, 0.6) is 0 Å². The Morgan fingerprint density at radius 1 is 1.07 bits per heavy atom. The molecule has 0 radical (unpaired) electrons. The van der Waals surface area contributed by atoms with Gasteiger partial charge in [0.05, 0.1) is 24.1 Å². The highest BCUT2D eigenvalue weighted by Gasteiger charge is 2.38. The van der Waals surface area contributed by atoms with Crippen molar-refractivity contribution in [1.82, 2.24) is 14.5 Å². The zero-order valence-corrected chi connectivity index (χ0v) is 15.7. The van der Waals surface area contributed by atoms with Gasteiger partial charge in [0.2, 0.25) is 5.95 Å². The topological polar surface area (TPSA) is 66.2 Å². The average Bonchev–Trinajstić information content (AvgIpc) is 3.11. The summed E-state index contributed by atoms with van der Waals surface area (Å²) in [4.78, 5) is 21.3. The molecule has 2 aliphatic heterocycles. The Hall–Kier alpha value is -3.08. The monoisotopic (exact) mass is 391 g/mol. The predicted octanol–water partition coefficient (Wildman–Crippen LogP) is 2.41. The number of nitrogens with zero attached hydrogens (tertiary/aromatic N) is 3. The molecule has 1 fully saturated rings. The Morgan fingerprint density at radius 3 is 2.66 bits per heavy atom. The van der Waals surface area contributed by atoms with Gasteiger partial charge in [-0.25, -0.2) is 9.97 Å². The number of hydrogen-bond donors (Lipinski definition) is 0. The molecule has 0 unspecified atom stereocenters. The first kappa shape index (κ1) is 18.0. The highest BCUT2D eigenvalue weighted by molar-refractivity contribution is 5.79. The van der Waals surface area contributed by atoms with Gasteiger partial charge in [0, 0.05) is 49.2 Å². The predicted molar refractivity (Wildman–Crippen MR) is 104 cm³/mol. The highest BCUT2D eigenvalue weighted by Crippen LogP contribution is 2.31. The Kier molecular flexibility index (Phi) is 4.38. The van der Waals surface area contributed by atoms with Crippen molar-refractivity contribution in [2.45, 2.75) is 31.6 Å². The lowest BCUT2D eigenvalue weighted by Crippen LogP contribution is -2.31. The third-order valence-electron chi connectivity index (χ3n) is 5.37. The molecule has 1 spiro atoms. The number of ether oxygens (including phenoxy) is 2. The summed E-state index contributed by atoms with van der Waals surface area (Å²) in [6.07, 6.45) is 3.30. The number of rotatable bonds is 0. The summed E-state index contributed by atoms with van der Waals surface area (Å²) in [6, 6.07) is 8.25. The second-order valence-corrected chi connectivity index (χ2v) is 7.19. The van der Waals surface area contributed by atoms with Crippen molar-refractivity contribution in [2.75, 3.05) is 13.2 Å². The fourth-order valence-electron chi connectivity index (χ4n) is 3.89. The smallest absolute Gasteiger partial charge is 0.261 e. The van der Waals surface area contributed by atoms with Crippen molar-refractivity contribution in [3.63, 3.8) is 0 Å². The first-order chi connectivity index (χ1) is 14.1. The molecular formula is C22H18FN3O3. The third kappa shape index (κ3) is 3.41. The minimum Gasteiger partial charge on any atom is -0.347 e. The molecular weight excluding hydrogens is 373 g/mol. The van der Waals surface area contributed by atoms with Gasteiger partial charge < -0.3 is 9.47 Å². The number of fused-ring (bicyclic) bond motifs is 2. The van der Waals surface area contributed by atoms with Gasteiger partial charge in [-0.3, -0.25) is 9.36 Å². The Morgan fingerprint density at radius 2 is 1.86 bits per heavy atom. The van der Waals surface area contributed by atoms with E-state index in [0.717, 1.165) is 5.82 Å². The number of aromatic nitrogens is 3. The lowest BCUT2D eigenvalue weighted by atomic mass is 10.1. The zero-order chi connectivity index (χ0) is 19.8. The van der Waals surface area contributed by atoms with Crippen molar-refractivity contribution >= 4 is 10.9 Å². The highest BCUT2D eigenvalue weighted by atomic mass is 19.1. The molecule has 4 heterocycles. The summed E-state index contributed by atoms with van der Waals surface area (Å²) in [6.45, 7) is 1.69. The van der Waals surface area contributed by atoms with Crippen LogP contribution in [0.3, 0.4) is 0 Å². The number of halogens is 1. The van der Waals surface area contributed by atoms with Crippen molar-refractivity contribution in [1.29, 1.82) is 0 Å². The van der Waals surface area contributed by atoms with Gasteiger partial charge in [0.1, 0.15) is 5.82 Å². The van der Waals surface area contributed by atoms with Crippen LogP contribution in [0.1, 0.15) is 29.8 Å². The van der Waals surface area contributed by atoms with Gasteiger partial charge in [-0.2, -0.15) is 4.39 Å². The summed E-state index contributed by atoms with van der Waals surface area (Å²) in [5.74, 6) is 5.48. The third-order valence-corrected chi connectivity index (χ3v) is 5.37. The number of pyridine rings is 1. The summed E-state index contributed by atoms with van der Waals surface area (Å²) in [7, 11) is 0. The second kappa shape index (κ2) is 7.07. The molecule has 5 rings (SSSR count). The van der Waals surface area contributed by atoms with Gasteiger partial charge in [-0.05, 0) is 24.3 Å². The molecule has 0 N–H and O–H groups in total. The quantitative estimate of drug-likeness (QED) is 0.435. The summed E-state index contributed by atoms with van der Waals surface area (Å²) in [5.41, 5.74) is 1.79. The molecule has 0 atom stereocenters. The minimum absolute atomic E-state index is 0.0595. The minimum atomic E-state index is -0.594. The maximum Gasteiger partial charge on any atom is 0.261 e. The number of hydrogen-bond acceptors (Lipinski definition) is 5. The van der Waals surface area contributed by atoms with Crippen LogP contribution in [-0.2, 0) is 22.4 Å². The van der Waals surface area contributed by atoms with E-state index < -0.39 is 11.7 Å². The Labute approximate surface area is 166 Å². The van der Waals surface area contributed by atoms with Gasteiger partial charge >= 0.3 is 0 Å². The first-order valence-electron chi connectivity index (χ1n) is 9.57. The number of aryl methyl sites for hydroxylation is 1. The fraction of sp³-hybridized carbons (Fsp3) is 0.318. The molecule has 0 aliphatic carbocycles. The maximum atomic E-state index is 13.2. The van der Waals surface area contributed by atoms with Crippen LogP contribution in [0.15, 0.2) is 41.3 Å². The average molecular weight is 391 g/mol. The van der Waals surface area contributed by atoms with E-state index in [1.54, 1.807) is 28.8 Å². The molecule has 6 nitrogen and oxygen atoms in total. The molecule has 0 saturated carbocycles. The summed E-state index contributed by atoms with van der Waals surface area (Å²) in [5, 5.41) is 0.554. The van der Waals surface area contributed by atoms with Gasteiger partial charge in [0.15, 0.2) is 5.79 Å². The van der Waals surface area contributed by atoms with E-state index in [1.807, 2.05) is 0 Å². The normalized spacial score (nSPS) is 17.6. The van der Waals surface area contributed by atoms with E-state index in [1.165, 1.54) is 12.3 Å². The zero-order valence-electron chi connectivity index (χ0n) is 15.7. The molecule has 1 saturated heterocycles. The SMILES string of the molecule is O=c1c2ccc(C#Cc3ccnc(F)c3)cc2nc2n1CCC1(CC2)OCCO1. The second-order valence-electron chi connectivity index (χ2n) is 7.19. The molecule has 3 aromatic rings. The summed E-state index contributed by atoms with van der Waals surface area (Å²) >= 11 is 0. The van der Waals surface area contributed by atoms with Crippen molar-refractivity contribution in [3.8, 4) is 11.8 Å². The van der Waals surface area contributed by atoms with E-state index in [4.69, 9.17) is 14.5 Å². The van der Waals surface area contributed by atoms with Gasteiger partial charge in [0.25, 0.3) is 5.56 Å². The van der Waals surface area contributed by atoms with Crippen molar-refractivity contribution in [2.24, 2.45) is 0 Å². The van der Waals surface area contributed by atoms with E-state index in [9.17, 15) is 9.18 Å². The Bertz CT molecular complexity index is 1220. The largest absolute Gasteiger partial charge is 0.347 e. The lowest BCUT2D eigenvalue weighted by molar-refractivity contribution is -0.165. The molecule has 1 aromatic carbocycles. The first-order valence-corrected chi connectivity index (χ1v) is 9.57. The molecule has 7 heteroatoms. The molecule has 0 bridgehead atoms. The van der Waals surface area contributed by atoms with Crippen molar-refractivity contribution < 1.29 is 13.9 Å². The molecule has 2 aliphatic rings. The standard InChI is InChI=1S/C22H18FN3O3/c23-19-14-16(6-9-24-19)2-1-15-3-4-17-18(13-15)25-20-5-7-22(28-11-12-29-22)8-10-26(20)21(17)27/h3-4,6,9,13-14H,5,7-8,10-12H2. The van der Waals surface area contributed by atoms with Crippen LogP contribution in [0, 0.1) is 17.8 Å². The molecule has 2 aromatic heterocycles. The van der Waals surface area contributed by atoms with Crippen LogP contribution in [0.4, 0.5) is 4.39 Å². The maximum absolute atomic E-state index is 13.2. The molecule has 146 valence electrons. The van der Waals surface area contributed by atoms with Crippen LogP contribution >= 0.6 is 0 Å². The van der Waals surface area contributed by atoms with E-state index in [2.05, 4.69) is 16.8 Å². The summed E-state index contributed by atoms with van der Waals surface area (Å²) < 4.78 is 26.6. The van der Waals surface area contributed by atoms with E-state index in [0.29, 0.717) is 61.1 Å². The molecule has 0 amide bonds.